The van der Waals surface area contributed by atoms with Crippen molar-refractivity contribution < 1.29 is 9.90 Å². The summed E-state index contributed by atoms with van der Waals surface area (Å²) in [6, 6.07) is 0. The molecule has 102 valence electrons. The number of rotatable bonds is 4. The lowest BCUT2D eigenvalue weighted by molar-refractivity contribution is -0.137. The van der Waals surface area contributed by atoms with Crippen LogP contribution in [0.3, 0.4) is 0 Å². The molecule has 0 aromatic carbocycles. The van der Waals surface area contributed by atoms with Crippen molar-refractivity contribution in [3.63, 3.8) is 0 Å². The molecule has 0 radical (unpaired) electrons. The van der Waals surface area contributed by atoms with Gasteiger partial charge in [0.05, 0.1) is 17.1 Å². The molecule has 5 heteroatoms. The fourth-order valence-corrected chi connectivity index (χ4v) is 2.68. The Kier molecular flexibility index (Phi) is 4.18. The molecule has 1 rings (SSSR count). The molecule has 0 spiro atoms. The van der Waals surface area contributed by atoms with E-state index in [9.17, 15) is 4.79 Å². The number of carbonyl (C=O) groups is 1. The highest BCUT2D eigenvalue weighted by Gasteiger charge is 2.32. The van der Waals surface area contributed by atoms with Crippen LogP contribution in [0.4, 0.5) is 0 Å². The van der Waals surface area contributed by atoms with E-state index in [1.54, 1.807) is 11.3 Å². The normalized spacial score (nSPS) is 14.6. The number of nitrogens with two attached hydrogens (primary N) is 1. The molecule has 3 N–H and O–H groups in total. The van der Waals surface area contributed by atoms with Crippen LogP contribution in [0.1, 0.15) is 57.7 Å². The van der Waals surface area contributed by atoms with Crippen molar-refractivity contribution in [2.45, 2.75) is 57.9 Å². The van der Waals surface area contributed by atoms with Crippen LogP contribution in [0.5, 0.6) is 0 Å². The van der Waals surface area contributed by atoms with Gasteiger partial charge in [-0.3, -0.25) is 4.79 Å². The summed E-state index contributed by atoms with van der Waals surface area (Å²) in [4.78, 5) is 15.5. The molecule has 1 unspecified atom stereocenters. The molecule has 4 nitrogen and oxygen atoms in total. The smallest absolute Gasteiger partial charge is 0.304 e. The summed E-state index contributed by atoms with van der Waals surface area (Å²) >= 11 is 1.57. The van der Waals surface area contributed by atoms with E-state index in [1.807, 2.05) is 19.2 Å². The maximum atomic E-state index is 11.0. The van der Waals surface area contributed by atoms with Gasteiger partial charge in [0.25, 0.3) is 0 Å². The van der Waals surface area contributed by atoms with Crippen LogP contribution in [0.2, 0.25) is 0 Å². The van der Waals surface area contributed by atoms with Crippen molar-refractivity contribution >= 4 is 17.3 Å². The molecule has 1 atom stereocenters. The number of carboxylic acid groups (broad SMARTS) is 1. The van der Waals surface area contributed by atoms with Gasteiger partial charge in [-0.15, -0.1) is 11.3 Å². The van der Waals surface area contributed by atoms with E-state index < -0.39 is 11.5 Å². The Morgan fingerprint density at radius 1 is 1.44 bits per heavy atom. The highest BCUT2D eigenvalue weighted by Crippen LogP contribution is 2.33. The molecular formula is C13H22N2O2S. The Bertz CT molecular complexity index is 427. The summed E-state index contributed by atoms with van der Waals surface area (Å²) in [6.07, 6.45) is 0.0107. The summed E-state index contributed by atoms with van der Waals surface area (Å²) in [6.45, 7) is 9.97. The molecule has 0 saturated heterocycles. The number of thiazole rings is 1. The van der Waals surface area contributed by atoms with Crippen LogP contribution < -0.4 is 5.73 Å². The molecule has 18 heavy (non-hydrogen) atoms. The zero-order chi connectivity index (χ0) is 14.1. The minimum atomic E-state index is -0.844. The Labute approximate surface area is 112 Å². The third-order valence-electron chi connectivity index (χ3n) is 2.80. The maximum Gasteiger partial charge on any atom is 0.304 e. The van der Waals surface area contributed by atoms with Crippen LogP contribution in [-0.4, -0.2) is 21.6 Å². The fraction of sp³-hybridized carbons (Fsp3) is 0.692. The Balaban J connectivity index is 3.07. The van der Waals surface area contributed by atoms with Crippen LogP contribution in [0.25, 0.3) is 0 Å². The van der Waals surface area contributed by atoms with Crippen molar-refractivity contribution in [2.24, 2.45) is 5.73 Å². The molecule has 0 aliphatic carbocycles. The molecule has 0 fully saturated rings. The van der Waals surface area contributed by atoms with E-state index in [0.717, 1.165) is 10.7 Å². The molecule has 1 aromatic heterocycles. The number of carboxylic acids is 1. The Morgan fingerprint density at radius 2 is 2.00 bits per heavy atom. The molecule has 0 aliphatic rings. The van der Waals surface area contributed by atoms with Gasteiger partial charge in [-0.05, 0) is 13.8 Å². The van der Waals surface area contributed by atoms with Gasteiger partial charge >= 0.3 is 5.97 Å². The number of hydrogen-bond acceptors (Lipinski definition) is 4. The predicted molar refractivity (Wildman–Crippen MR) is 74.1 cm³/mol. The first kappa shape index (κ1) is 15.1. The van der Waals surface area contributed by atoms with E-state index in [4.69, 9.17) is 10.8 Å². The number of aliphatic carboxylic acids is 1. The second-order valence-corrected chi connectivity index (χ2v) is 7.16. The van der Waals surface area contributed by atoms with E-state index in [-0.39, 0.29) is 17.8 Å². The standard InChI is InChI=1S/C13H22N2O2S/c1-12(2,3)11-15-9(7-18-11)8(6-10(16)17)13(4,5)14/h7-8H,6,14H2,1-5H3,(H,16,17). The third-order valence-corrected chi connectivity index (χ3v) is 4.08. The SMILES string of the molecule is CC(C)(C)c1nc(C(CC(=O)O)C(C)(C)N)cs1. The molecule has 0 amide bonds. The van der Waals surface area contributed by atoms with Crippen molar-refractivity contribution in [3.8, 4) is 0 Å². The lowest BCUT2D eigenvalue weighted by atomic mass is 9.83. The quantitative estimate of drug-likeness (QED) is 0.882. The van der Waals surface area contributed by atoms with Gasteiger partial charge in [0.15, 0.2) is 0 Å². The monoisotopic (exact) mass is 270 g/mol. The zero-order valence-corrected chi connectivity index (χ0v) is 12.5. The first-order valence-corrected chi connectivity index (χ1v) is 6.86. The highest BCUT2D eigenvalue weighted by molar-refractivity contribution is 7.09. The zero-order valence-electron chi connectivity index (χ0n) is 11.7. The minimum absolute atomic E-state index is 0.0107. The minimum Gasteiger partial charge on any atom is -0.481 e. The summed E-state index contributed by atoms with van der Waals surface area (Å²) in [5, 5.41) is 11.9. The summed E-state index contributed by atoms with van der Waals surface area (Å²) in [5.74, 6) is -1.11. The Hall–Kier alpha value is -0.940. The van der Waals surface area contributed by atoms with Gasteiger partial charge in [0.1, 0.15) is 0 Å². The molecule has 1 aromatic rings. The highest BCUT2D eigenvalue weighted by atomic mass is 32.1. The maximum absolute atomic E-state index is 11.0. The largest absolute Gasteiger partial charge is 0.481 e. The molecular weight excluding hydrogens is 248 g/mol. The van der Waals surface area contributed by atoms with Gasteiger partial charge in [0.2, 0.25) is 0 Å². The fourth-order valence-electron chi connectivity index (χ4n) is 1.71. The lowest BCUT2D eigenvalue weighted by Gasteiger charge is -2.28. The topological polar surface area (TPSA) is 76.2 Å². The Morgan fingerprint density at radius 3 is 2.33 bits per heavy atom. The van der Waals surface area contributed by atoms with Crippen molar-refractivity contribution in [1.29, 1.82) is 0 Å². The van der Waals surface area contributed by atoms with E-state index in [0.29, 0.717) is 0 Å². The molecule has 0 bridgehead atoms. The third kappa shape index (κ3) is 3.78. The summed E-state index contributed by atoms with van der Waals surface area (Å²) in [5.41, 5.74) is 6.26. The number of hydrogen-bond donors (Lipinski definition) is 2. The van der Waals surface area contributed by atoms with Gasteiger partial charge in [-0.25, -0.2) is 4.98 Å². The second kappa shape index (κ2) is 4.97. The number of nitrogens with zero attached hydrogens (tertiary/aromatic N) is 1. The van der Waals surface area contributed by atoms with E-state index >= 15 is 0 Å². The van der Waals surface area contributed by atoms with Crippen molar-refractivity contribution in [3.05, 3.63) is 16.1 Å². The van der Waals surface area contributed by atoms with Crippen molar-refractivity contribution in [1.82, 2.24) is 4.98 Å². The van der Waals surface area contributed by atoms with Crippen LogP contribution in [0.15, 0.2) is 5.38 Å². The second-order valence-electron chi connectivity index (χ2n) is 6.30. The summed E-state index contributed by atoms with van der Waals surface area (Å²) in [7, 11) is 0. The molecule has 0 aliphatic heterocycles. The van der Waals surface area contributed by atoms with Gasteiger partial charge in [-0.1, -0.05) is 20.8 Å². The van der Waals surface area contributed by atoms with E-state index in [2.05, 4.69) is 25.8 Å². The van der Waals surface area contributed by atoms with Gasteiger partial charge in [-0.2, -0.15) is 0 Å². The molecule has 1 heterocycles. The predicted octanol–water partition coefficient (Wildman–Crippen LogP) is 2.74. The summed E-state index contributed by atoms with van der Waals surface area (Å²) < 4.78 is 0. The van der Waals surface area contributed by atoms with Crippen molar-refractivity contribution in [2.75, 3.05) is 0 Å². The van der Waals surface area contributed by atoms with Crippen LogP contribution >= 0.6 is 11.3 Å². The van der Waals surface area contributed by atoms with Crippen LogP contribution in [0, 0.1) is 0 Å². The van der Waals surface area contributed by atoms with Crippen LogP contribution in [-0.2, 0) is 10.2 Å². The lowest BCUT2D eigenvalue weighted by Crippen LogP contribution is -2.40. The average molecular weight is 270 g/mol. The average Bonchev–Trinajstić information content (AvgIpc) is 2.59. The van der Waals surface area contributed by atoms with Gasteiger partial charge in [0, 0.05) is 22.3 Å². The first-order chi connectivity index (χ1) is 8.01. The number of aromatic nitrogens is 1. The van der Waals surface area contributed by atoms with Gasteiger partial charge < -0.3 is 10.8 Å². The van der Waals surface area contributed by atoms with E-state index in [1.165, 1.54) is 0 Å². The molecule has 0 saturated carbocycles. The first-order valence-electron chi connectivity index (χ1n) is 5.98.